The predicted octanol–water partition coefficient (Wildman–Crippen LogP) is 0.0354. The summed E-state index contributed by atoms with van der Waals surface area (Å²) >= 11 is 0. The van der Waals surface area contributed by atoms with Gasteiger partial charge in [-0.2, -0.15) is 0 Å². The molecule has 10 heavy (non-hydrogen) atoms. The van der Waals surface area contributed by atoms with Crippen molar-refractivity contribution in [3.05, 3.63) is 0 Å². The molecule has 0 heterocycles. The molecule has 0 fully saturated rings. The summed E-state index contributed by atoms with van der Waals surface area (Å²) in [6, 6.07) is -0.708. The third kappa shape index (κ3) is 4.85. The van der Waals surface area contributed by atoms with Crippen molar-refractivity contribution in [3.63, 3.8) is 0 Å². The Balaban J connectivity index is 0. The molecule has 0 aromatic carbocycles. The molecule has 6 heteroatoms. The zero-order chi connectivity index (χ0) is 7.28. The summed E-state index contributed by atoms with van der Waals surface area (Å²) in [5.74, 6) is 0. The molecule has 0 amide bonds. The van der Waals surface area contributed by atoms with Gasteiger partial charge in [0.25, 0.3) is 0 Å². The molecule has 0 aliphatic rings. The van der Waals surface area contributed by atoms with E-state index in [1.54, 1.807) is 0 Å². The van der Waals surface area contributed by atoms with Gasteiger partial charge in [0, 0.05) is 21.3 Å². The Hall–Kier alpha value is 1.11. The molecule has 0 N–H and O–H groups in total. The van der Waals surface area contributed by atoms with Crippen LogP contribution in [0.5, 0.6) is 0 Å². The van der Waals surface area contributed by atoms with E-state index in [4.69, 9.17) is 0 Å². The van der Waals surface area contributed by atoms with Gasteiger partial charge >= 0.3 is 29.6 Å². The maximum absolute atomic E-state index is 10.7. The minimum atomic E-state index is -2.16. The predicted molar refractivity (Wildman–Crippen MR) is 41.0 cm³/mol. The first-order valence-electron chi connectivity index (χ1n) is 2.39. The summed E-state index contributed by atoms with van der Waals surface area (Å²) in [5.41, 5.74) is 0. The third-order valence-electron chi connectivity index (χ3n) is 0.822. The Morgan fingerprint density at radius 3 is 1.70 bits per heavy atom. The van der Waals surface area contributed by atoms with Crippen LogP contribution in [0, 0.1) is 0 Å². The van der Waals surface area contributed by atoms with Crippen molar-refractivity contribution >= 4 is 37.6 Å². The van der Waals surface area contributed by atoms with Gasteiger partial charge in [-0.25, -0.2) is 0 Å². The normalized spacial score (nSPS) is 12.8. The van der Waals surface area contributed by atoms with E-state index < -0.39 is 14.1 Å². The summed E-state index contributed by atoms with van der Waals surface area (Å²) in [6.07, 6.45) is 0. The number of hydrogen-bond acceptors (Lipinski definition) is 4. The summed E-state index contributed by atoms with van der Waals surface area (Å²) in [4.78, 5) is 0. The van der Waals surface area contributed by atoms with Gasteiger partial charge in [0.05, 0.1) is 0 Å². The first kappa shape index (κ1) is 13.7. The van der Waals surface area contributed by atoms with Gasteiger partial charge in [-0.1, -0.05) is 0 Å². The number of hydrogen-bond donors (Lipinski definition) is 0. The monoisotopic (exact) mass is 178 g/mol. The quantitative estimate of drug-likeness (QED) is 0.346. The Morgan fingerprint density at radius 1 is 1.20 bits per heavy atom. The SMILES string of the molecule is COC(OC)[PH](=O)OC.[NaH]. The topological polar surface area (TPSA) is 44.8 Å². The standard InChI is InChI=1S/C4H11O4P.Na.H/c1-6-4(7-2)9(5)8-3;;/h4,9H,1-3H3;;. The van der Waals surface area contributed by atoms with Gasteiger partial charge in [-0.05, 0) is 0 Å². The van der Waals surface area contributed by atoms with Gasteiger partial charge in [0.2, 0.25) is 14.1 Å². The molecular weight excluding hydrogens is 166 g/mol. The molecule has 1 atom stereocenters. The molecule has 0 spiro atoms. The van der Waals surface area contributed by atoms with E-state index in [0.29, 0.717) is 0 Å². The van der Waals surface area contributed by atoms with E-state index in [9.17, 15) is 4.57 Å². The van der Waals surface area contributed by atoms with E-state index >= 15 is 0 Å². The Morgan fingerprint density at radius 2 is 1.60 bits per heavy atom. The molecular formula is C4H12NaO4P. The van der Waals surface area contributed by atoms with Crippen molar-refractivity contribution in [2.75, 3.05) is 21.3 Å². The maximum atomic E-state index is 10.7. The van der Waals surface area contributed by atoms with Crippen molar-refractivity contribution in [2.45, 2.75) is 6.03 Å². The molecule has 0 aromatic rings. The van der Waals surface area contributed by atoms with E-state index in [0.717, 1.165) is 0 Å². The van der Waals surface area contributed by atoms with Crippen LogP contribution >= 0.6 is 8.03 Å². The van der Waals surface area contributed by atoms with Crippen LogP contribution in [0.4, 0.5) is 0 Å². The van der Waals surface area contributed by atoms with Gasteiger partial charge in [-0.3, -0.25) is 4.57 Å². The Bertz CT molecular complexity index is 95.3. The molecule has 0 saturated carbocycles. The average molecular weight is 178 g/mol. The summed E-state index contributed by atoms with van der Waals surface area (Å²) < 4.78 is 24.5. The second-order valence-electron chi connectivity index (χ2n) is 1.33. The first-order chi connectivity index (χ1) is 4.26. The molecule has 4 nitrogen and oxygen atoms in total. The third-order valence-corrected chi connectivity index (χ3v) is 2.08. The fourth-order valence-corrected chi connectivity index (χ4v) is 0.962. The van der Waals surface area contributed by atoms with Crippen molar-refractivity contribution in [1.29, 1.82) is 0 Å². The fraction of sp³-hybridized carbons (Fsp3) is 1.00. The van der Waals surface area contributed by atoms with Crippen LogP contribution < -0.4 is 0 Å². The van der Waals surface area contributed by atoms with Gasteiger partial charge in [0.15, 0.2) is 0 Å². The second-order valence-corrected chi connectivity index (χ2v) is 2.84. The average Bonchev–Trinajstić information content (AvgIpc) is 1.90. The van der Waals surface area contributed by atoms with E-state index in [-0.39, 0.29) is 29.6 Å². The second kappa shape index (κ2) is 8.21. The first-order valence-corrected chi connectivity index (χ1v) is 3.79. The summed E-state index contributed by atoms with van der Waals surface area (Å²) in [7, 11) is 2.01. The molecule has 0 aliphatic heterocycles. The van der Waals surface area contributed by atoms with Gasteiger partial charge in [-0.15, -0.1) is 0 Å². The zero-order valence-corrected chi connectivity index (χ0v) is 6.71. The van der Waals surface area contributed by atoms with Crippen LogP contribution in [0.1, 0.15) is 0 Å². The Kier molecular flexibility index (Phi) is 11.2. The van der Waals surface area contributed by atoms with Crippen LogP contribution in [-0.2, 0) is 18.6 Å². The van der Waals surface area contributed by atoms with E-state index in [2.05, 4.69) is 14.0 Å². The molecule has 0 rings (SSSR count). The molecule has 0 aliphatic carbocycles. The van der Waals surface area contributed by atoms with E-state index in [1.165, 1.54) is 21.3 Å². The Labute approximate surface area is 83.4 Å². The van der Waals surface area contributed by atoms with E-state index in [1.807, 2.05) is 0 Å². The number of ether oxygens (including phenoxy) is 2. The fourth-order valence-electron chi connectivity index (χ4n) is 0.385. The number of methoxy groups -OCH3 is 2. The number of rotatable bonds is 4. The molecule has 1 unspecified atom stereocenters. The molecule has 0 radical (unpaired) electrons. The molecule has 0 bridgehead atoms. The molecule has 0 aromatic heterocycles. The van der Waals surface area contributed by atoms with Crippen LogP contribution in [0.3, 0.4) is 0 Å². The van der Waals surface area contributed by atoms with Crippen molar-refractivity contribution in [2.24, 2.45) is 0 Å². The zero-order valence-electron chi connectivity index (χ0n) is 5.71. The minimum absolute atomic E-state index is 0. The van der Waals surface area contributed by atoms with Crippen LogP contribution in [-0.4, -0.2) is 56.9 Å². The summed E-state index contributed by atoms with van der Waals surface area (Å²) in [6.45, 7) is 0. The van der Waals surface area contributed by atoms with Crippen molar-refractivity contribution < 1.29 is 18.6 Å². The van der Waals surface area contributed by atoms with Gasteiger partial charge in [0.1, 0.15) is 0 Å². The van der Waals surface area contributed by atoms with Gasteiger partial charge < -0.3 is 14.0 Å². The molecule has 0 saturated heterocycles. The van der Waals surface area contributed by atoms with Crippen molar-refractivity contribution in [3.8, 4) is 0 Å². The molecule has 58 valence electrons. The van der Waals surface area contributed by atoms with Crippen LogP contribution in [0.25, 0.3) is 0 Å². The van der Waals surface area contributed by atoms with Crippen LogP contribution in [0.2, 0.25) is 0 Å². The van der Waals surface area contributed by atoms with Crippen LogP contribution in [0.15, 0.2) is 0 Å². The summed E-state index contributed by atoms with van der Waals surface area (Å²) in [5, 5.41) is 0. The van der Waals surface area contributed by atoms with Crippen molar-refractivity contribution in [1.82, 2.24) is 0 Å².